The van der Waals surface area contributed by atoms with Crippen molar-refractivity contribution in [1.29, 1.82) is 0 Å². The van der Waals surface area contributed by atoms with E-state index in [0.29, 0.717) is 17.4 Å². The fourth-order valence-corrected chi connectivity index (χ4v) is 5.91. The highest BCUT2D eigenvalue weighted by atomic mass is 31.2. The number of likely N-dealkylation sites (N-methyl/N-ethyl adjacent to an activating group) is 1. The van der Waals surface area contributed by atoms with Crippen LogP contribution in [-0.2, 0) is 32.7 Å². The highest BCUT2D eigenvalue weighted by molar-refractivity contribution is 7.47. The minimum Gasteiger partial charge on any atom is -0.462 e. The number of ether oxygens (including phenoxy) is 2. The minimum absolute atomic E-state index is 0.0428. The molecule has 338 valence electrons. The van der Waals surface area contributed by atoms with Crippen molar-refractivity contribution >= 4 is 19.8 Å². The number of phosphoric acid groups is 1. The molecule has 0 bridgehead atoms. The molecule has 0 amide bonds. The van der Waals surface area contributed by atoms with Gasteiger partial charge in [0.25, 0.3) is 0 Å². The molecule has 5 atom stereocenters. The predicted molar refractivity (Wildman–Crippen MR) is 237 cm³/mol. The normalized spacial score (nSPS) is 16.0. The number of nitrogens with zero attached hydrogens (tertiary/aromatic N) is 1. The third kappa shape index (κ3) is 39.0. The Balaban J connectivity index is 4.80. The third-order valence-corrected chi connectivity index (χ3v) is 9.75. The van der Waals surface area contributed by atoms with E-state index < -0.39 is 50.8 Å². The number of rotatable bonds is 37. The van der Waals surface area contributed by atoms with Crippen LogP contribution in [0.2, 0.25) is 0 Å². The number of aliphatic hydroxyl groups is 3. The van der Waals surface area contributed by atoms with Gasteiger partial charge in [-0.25, -0.2) is 4.57 Å². The summed E-state index contributed by atoms with van der Waals surface area (Å²) in [5.41, 5.74) is 0. The van der Waals surface area contributed by atoms with Gasteiger partial charge in [-0.15, -0.1) is 0 Å². The molecule has 1 unspecified atom stereocenters. The molecule has 0 rings (SSSR count). The highest BCUT2D eigenvalue weighted by Crippen LogP contribution is 2.43. The van der Waals surface area contributed by atoms with Gasteiger partial charge in [0.05, 0.1) is 46.1 Å². The van der Waals surface area contributed by atoms with Gasteiger partial charge >= 0.3 is 19.8 Å². The second kappa shape index (κ2) is 36.9. The lowest BCUT2D eigenvalue weighted by molar-refractivity contribution is -0.870. The van der Waals surface area contributed by atoms with Gasteiger partial charge in [0.1, 0.15) is 19.8 Å². The van der Waals surface area contributed by atoms with E-state index in [4.69, 9.17) is 18.5 Å². The fourth-order valence-electron chi connectivity index (χ4n) is 5.17. The van der Waals surface area contributed by atoms with Crippen LogP contribution in [0.1, 0.15) is 123 Å². The molecule has 59 heavy (non-hydrogen) atoms. The van der Waals surface area contributed by atoms with Gasteiger partial charge in [0.2, 0.25) is 0 Å². The van der Waals surface area contributed by atoms with Crippen LogP contribution in [0, 0.1) is 0 Å². The lowest BCUT2D eigenvalue weighted by atomic mass is 10.1. The largest absolute Gasteiger partial charge is 0.472 e. The second-order valence-corrected chi connectivity index (χ2v) is 17.0. The number of hydrogen-bond acceptors (Lipinski definition) is 10. The molecule has 0 spiro atoms. The Morgan fingerprint density at radius 1 is 0.644 bits per heavy atom. The van der Waals surface area contributed by atoms with Gasteiger partial charge in [0, 0.05) is 12.8 Å². The van der Waals surface area contributed by atoms with Crippen molar-refractivity contribution in [3.05, 3.63) is 85.1 Å². The molecule has 0 saturated heterocycles. The van der Waals surface area contributed by atoms with E-state index >= 15 is 0 Å². The average molecular weight is 853 g/mol. The zero-order valence-corrected chi connectivity index (χ0v) is 37.7. The Labute approximate surface area is 356 Å². The number of unbranched alkanes of at least 4 members (excludes halogenated alkanes) is 7. The van der Waals surface area contributed by atoms with Crippen molar-refractivity contribution in [2.75, 3.05) is 47.5 Å². The van der Waals surface area contributed by atoms with Crippen LogP contribution < -0.4 is 0 Å². The van der Waals surface area contributed by atoms with E-state index in [1.165, 1.54) is 25.3 Å². The number of phosphoric ester groups is 1. The highest BCUT2D eigenvalue weighted by Gasteiger charge is 2.27. The molecule has 0 fully saturated rings. The molecule has 0 heterocycles. The molecule has 0 radical (unpaired) electrons. The number of carbonyl (C=O) groups is 2. The first kappa shape index (κ1) is 56.1. The second-order valence-electron chi connectivity index (χ2n) is 15.6. The van der Waals surface area contributed by atoms with Gasteiger partial charge in [0.15, 0.2) is 6.10 Å². The van der Waals surface area contributed by atoms with Crippen molar-refractivity contribution < 1.29 is 57.4 Å². The molecule has 0 aliphatic heterocycles. The SMILES string of the molecule is CCCCC/C=C\C/C=C\C/C=C\CCCCC(=O)OC[C@H](COP(=O)(O)OCC[N+](C)(C)C)OC(=O)CCC[C@H](O)[C@@H](O)/C=C/C=C/C=C\C=C\[C@@H](O)CCCCC. The molecule has 0 aliphatic carbocycles. The van der Waals surface area contributed by atoms with Gasteiger partial charge in [-0.05, 0) is 64.2 Å². The van der Waals surface area contributed by atoms with Crippen LogP contribution in [0.4, 0.5) is 0 Å². The first-order chi connectivity index (χ1) is 28.2. The van der Waals surface area contributed by atoms with Gasteiger partial charge in [-0.1, -0.05) is 131 Å². The lowest BCUT2D eigenvalue weighted by Gasteiger charge is -2.24. The van der Waals surface area contributed by atoms with E-state index in [-0.39, 0.29) is 38.9 Å². The standard InChI is InChI=1S/C46H78NO11P/c1-6-8-10-11-12-13-14-15-16-17-18-19-20-25-29-35-45(51)55-39-42(40-57-59(53,54)56-38-37-47(3,4)5)58-46(52)36-30-34-44(50)43(49)33-28-24-22-21-23-27-32-41(48)31-26-9-7-2/h12-13,15-16,18-19,21-24,27-28,32-33,41-44,48-50H,6-11,14,17,20,25-26,29-31,34-40H2,1-5H3/p+1/b13-12-,16-15-,19-18-,23-21-,24-22+,32-27+,33-28+/t41-,42+,43-,44-/m0/s1. The van der Waals surface area contributed by atoms with Crippen LogP contribution in [0.3, 0.4) is 0 Å². The van der Waals surface area contributed by atoms with Crippen molar-refractivity contribution in [1.82, 2.24) is 0 Å². The summed E-state index contributed by atoms with van der Waals surface area (Å²) in [6.45, 7) is 3.81. The number of quaternary nitrogens is 1. The number of esters is 2. The fraction of sp³-hybridized carbons (Fsp3) is 0.652. The van der Waals surface area contributed by atoms with Gasteiger partial charge in [-0.3, -0.25) is 18.6 Å². The first-order valence-corrected chi connectivity index (χ1v) is 23.1. The number of hydrogen-bond donors (Lipinski definition) is 4. The topological polar surface area (TPSA) is 169 Å². The molecular formula is C46H79NO11P+. The first-order valence-electron chi connectivity index (χ1n) is 21.6. The molecular weight excluding hydrogens is 773 g/mol. The van der Waals surface area contributed by atoms with E-state index in [1.54, 1.807) is 42.5 Å². The number of carbonyl (C=O) groups excluding carboxylic acids is 2. The Bertz CT molecular complexity index is 1330. The van der Waals surface area contributed by atoms with Crippen LogP contribution in [-0.4, -0.2) is 109 Å². The summed E-state index contributed by atoms with van der Waals surface area (Å²) < 4.78 is 33.9. The maximum atomic E-state index is 12.7. The maximum Gasteiger partial charge on any atom is 0.472 e. The van der Waals surface area contributed by atoms with Crippen molar-refractivity contribution in [3.8, 4) is 0 Å². The van der Waals surface area contributed by atoms with Crippen LogP contribution in [0.15, 0.2) is 85.1 Å². The maximum absolute atomic E-state index is 12.7. The van der Waals surface area contributed by atoms with E-state index in [2.05, 4.69) is 50.3 Å². The summed E-state index contributed by atoms with van der Waals surface area (Å²) in [5.74, 6) is -1.18. The van der Waals surface area contributed by atoms with Gasteiger partial charge < -0.3 is 34.2 Å². The zero-order valence-electron chi connectivity index (χ0n) is 36.8. The molecule has 13 heteroatoms. The zero-order chi connectivity index (χ0) is 44.0. The van der Waals surface area contributed by atoms with Crippen LogP contribution >= 0.6 is 7.82 Å². The predicted octanol–water partition coefficient (Wildman–Crippen LogP) is 8.93. The number of aliphatic hydroxyl groups excluding tert-OH is 3. The quantitative estimate of drug-likeness (QED) is 0.0118. The average Bonchev–Trinajstić information content (AvgIpc) is 3.17. The summed E-state index contributed by atoms with van der Waals surface area (Å²) in [6, 6.07) is 0. The van der Waals surface area contributed by atoms with Crippen LogP contribution in [0.5, 0.6) is 0 Å². The Morgan fingerprint density at radius 2 is 1.20 bits per heavy atom. The summed E-state index contributed by atoms with van der Waals surface area (Å²) in [7, 11) is 1.22. The van der Waals surface area contributed by atoms with Crippen molar-refractivity contribution in [2.45, 2.75) is 147 Å². The van der Waals surface area contributed by atoms with Gasteiger partial charge in [-0.2, -0.15) is 0 Å². The Morgan fingerprint density at radius 3 is 1.83 bits per heavy atom. The molecule has 12 nitrogen and oxygen atoms in total. The van der Waals surface area contributed by atoms with Crippen molar-refractivity contribution in [3.63, 3.8) is 0 Å². The van der Waals surface area contributed by atoms with E-state index in [0.717, 1.165) is 57.8 Å². The number of allylic oxidation sites excluding steroid dienone is 12. The molecule has 0 aromatic carbocycles. The summed E-state index contributed by atoms with van der Waals surface area (Å²) in [6.07, 6.45) is 35.8. The van der Waals surface area contributed by atoms with E-state index in [1.807, 2.05) is 21.1 Å². The molecule has 0 aliphatic rings. The summed E-state index contributed by atoms with van der Waals surface area (Å²) >= 11 is 0. The molecule has 0 aromatic heterocycles. The summed E-state index contributed by atoms with van der Waals surface area (Å²) in [5, 5.41) is 30.6. The van der Waals surface area contributed by atoms with Crippen LogP contribution in [0.25, 0.3) is 0 Å². The third-order valence-electron chi connectivity index (χ3n) is 8.76. The monoisotopic (exact) mass is 853 g/mol. The Hall–Kier alpha value is -2.93. The summed E-state index contributed by atoms with van der Waals surface area (Å²) in [4.78, 5) is 35.4. The Kier molecular flexibility index (Phi) is 35.1. The smallest absolute Gasteiger partial charge is 0.462 e. The molecule has 0 aromatic rings. The minimum atomic E-state index is -4.49. The van der Waals surface area contributed by atoms with Crippen molar-refractivity contribution in [2.24, 2.45) is 0 Å². The lowest BCUT2D eigenvalue weighted by Crippen LogP contribution is -2.37. The van der Waals surface area contributed by atoms with E-state index in [9.17, 15) is 34.4 Å². The molecule has 0 saturated carbocycles. The molecule has 4 N–H and O–H groups in total.